The SMILES string of the molecule is CCOC(=O)c1c(CCCOc2cccc3ccccc23)c2cccc(-c3c(CBr)nn(C)c3C)c2n1CCCCNC.Cl.[HH]. The average Bonchev–Trinajstić information content (AvgIpc) is 3.50. The Morgan fingerprint density at radius 2 is 1.77 bits per heavy atom. The van der Waals surface area contributed by atoms with Crippen molar-refractivity contribution in [2.75, 3.05) is 26.8 Å². The molecule has 0 fully saturated rings. The zero-order valence-corrected chi connectivity index (χ0v) is 28.4. The molecule has 0 bridgehead atoms. The zero-order chi connectivity index (χ0) is 30.3. The van der Waals surface area contributed by atoms with E-state index in [9.17, 15) is 4.79 Å². The molecule has 0 unspecified atom stereocenters. The highest BCUT2D eigenvalue weighted by molar-refractivity contribution is 9.08. The van der Waals surface area contributed by atoms with Crippen molar-refractivity contribution < 1.29 is 15.7 Å². The van der Waals surface area contributed by atoms with Gasteiger partial charge in [-0.25, -0.2) is 4.79 Å². The number of ether oxygens (including phenoxy) is 2. The summed E-state index contributed by atoms with van der Waals surface area (Å²) in [4.78, 5) is 13.7. The first kappa shape index (κ1) is 33.6. The molecule has 0 radical (unpaired) electrons. The number of esters is 1. The third kappa shape index (κ3) is 6.82. The number of carbonyl (C=O) groups is 1. The van der Waals surface area contributed by atoms with Gasteiger partial charge in [0.05, 0.1) is 24.4 Å². The Labute approximate surface area is 275 Å². The lowest BCUT2D eigenvalue weighted by Gasteiger charge is -2.14. The molecule has 2 aromatic heterocycles. The monoisotopic (exact) mass is 682 g/mol. The van der Waals surface area contributed by atoms with E-state index in [4.69, 9.17) is 14.6 Å². The van der Waals surface area contributed by atoms with Gasteiger partial charge in [-0.3, -0.25) is 4.68 Å². The number of benzene rings is 3. The summed E-state index contributed by atoms with van der Waals surface area (Å²) < 4.78 is 16.1. The zero-order valence-electron chi connectivity index (χ0n) is 26.0. The van der Waals surface area contributed by atoms with E-state index in [2.05, 4.69) is 69.1 Å². The topological polar surface area (TPSA) is 70.3 Å². The maximum atomic E-state index is 13.7. The number of aromatic nitrogens is 3. The number of unbranched alkanes of at least 4 members (excludes halogenated alkanes) is 1. The Morgan fingerprint density at radius 3 is 2.55 bits per heavy atom. The summed E-state index contributed by atoms with van der Waals surface area (Å²) in [5.74, 6) is 0.610. The molecule has 0 aliphatic rings. The van der Waals surface area contributed by atoms with Crippen LogP contribution in [0.4, 0.5) is 0 Å². The Morgan fingerprint density at radius 1 is 1.02 bits per heavy atom. The molecule has 0 saturated heterocycles. The predicted octanol–water partition coefficient (Wildman–Crippen LogP) is 8.25. The summed E-state index contributed by atoms with van der Waals surface area (Å²) in [5.41, 5.74) is 7.02. The summed E-state index contributed by atoms with van der Waals surface area (Å²) in [6.07, 6.45) is 3.40. The molecule has 44 heavy (non-hydrogen) atoms. The number of halogens is 2. The quantitative estimate of drug-likeness (QED) is 0.0725. The van der Waals surface area contributed by atoms with Crippen LogP contribution in [0.15, 0.2) is 60.7 Å². The number of nitrogens with zero attached hydrogens (tertiary/aromatic N) is 3. The van der Waals surface area contributed by atoms with Gasteiger partial charge in [0.15, 0.2) is 0 Å². The first-order valence-corrected chi connectivity index (χ1v) is 16.3. The van der Waals surface area contributed by atoms with Gasteiger partial charge in [-0.1, -0.05) is 70.5 Å². The highest BCUT2D eigenvalue weighted by Crippen LogP contribution is 2.39. The van der Waals surface area contributed by atoms with Gasteiger partial charge >= 0.3 is 5.97 Å². The lowest BCUT2D eigenvalue weighted by Crippen LogP contribution is -2.16. The Balaban J connectivity index is 0.00000276. The molecule has 0 amide bonds. The van der Waals surface area contributed by atoms with Crippen LogP contribution in [0.1, 0.15) is 55.1 Å². The number of hydrogen-bond acceptors (Lipinski definition) is 5. The highest BCUT2D eigenvalue weighted by Gasteiger charge is 2.27. The summed E-state index contributed by atoms with van der Waals surface area (Å²) in [6.45, 7) is 6.48. The largest absolute Gasteiger partial charge is 0.493 e. The maximum Gasteiger partial charge on any atom is 0.355 e. The number of rotatable bonds is 14. The molecule has 1 N–H and O–H groups in total. The van der Waals surface area contributed by atoms with Crippen molar-refractivity contribution in [2.24, 2.45) is 7.05 Å². The fourth-order valence-electron chi connectivity index (χ4n) is 6.04. The summed E-state index contributed by atoms with van der Waals surface area (Å²) in [7, 11) is 3.95. The van der Waals surface area contributed by atoms with Gasteiger partial charge in [0, 0.05) is 47.9 Å². The van der Waals surface area contributed by atoms with E-state index in [-0.39, 0.29) is 19.8 Å². The van der Waals surface area contributed by atoms with Crippen LogP contribution in [0.25, 0.3) is 32.8 Å². The molecular formula is C35H44BrClN4O3. The van der Waals surface area contributed by atoms with Gasteiger partial charge in [-0.05, 0) is 70.1 Å². The number of aryl methyl sites for hydroxylation is 3. The third-order valence-corrected chi connectivity index (χ3v) is 8.63. The van der Waals surface area contributed by atoms with Crippen molar-refractivity contribution in [1.29, 1.82) is 0 Å². The van der Waals surface area contributed by atoms with E-state index in [1.807, 2.05) is 50.0 Å². The first-order valence-electron chi connectivity index (χ1n) is 15.1. The predicted molar refractivity (Wildman–Crippen MR) is 188 cm³/mol. The number of nitrogens with one attached hydrogen (secondary N) is 1. The van der Waals surface area contributed by atoms with Gasteiger partial charge in [0.2, 0.25) is 0 Å². The van der Waals surface area contributed by atoms with E-state index >= 15 is 0 Å². The number of carbonyl (C=O) groups excluding carboxylic acids is 1. The first-order chi connectivity index (χ1) is 21.0. The second kappa shape index (κ2) is 15.6. The molecule has 0 aliphatic carbocycles. The van der Waals surface area contributed by atoms with Gasteiger partial charge in [0.1, 0.15) is 11.4 Å². The second-order valence-corrected chi connectivity index (χ2v) is 11.4. The minimum absolute atomic E-state index is 0. The second-order valence-electron chi connectivity index (χ2n) is 10.8. The van der Waals surface area contributed by atoms with Crippen molar-refractivity contribution in [3.63, 3.8) is 0 Å². The minimum atomic E-state index is -0.271. The van der Waals surface area contributed by atoms with Crippen LogP contribution in [0.2, 0.25) is 0 Å². The summed E-state index contributed by atoms with van der Waals surface area (Å²) in [6, 6.07) is 20.8. The van der Waals surface area contributed by atoms with Crippen LogP contribution in [0.5, 0.6) is 5.75 Å². The lowest BCUT2D eigenvalue weighted by molar-refractivity contribution is 0.0512. The van der Waals surface area contributed by atoms with Gasteiger partial charge in [0.25, 0.3) is 0 Å². The molecule has 2 heterocycles. The molecule has 0 spiro atoms. The Kier molecular flexibility index (Phi) is 11.9. The van der Waals surface area contributed by atoms with Crippen molar-refractivity contribution in [3.8, 4) is 16.9 Å². The molecule has 3 aromatic carbocycles. The van der Waals surface area contributed by atoms with Gasteiger partial charge in [-0.2, -0.15) is 5.10 Å². The van der Waals surface area contributed by atoms with Crippen molar-refractivity contribution in [2.45, 2.75) is 51.4 Å². The van der Waals surface area contributed by atoms with Crippen LogP contribution in [-0.4, -0.2) is 47.1 Å². The van der Waals surface area contributed by atoms with Crippen LogP contribution in [-0.2, 0) is 30.1 Å². The third-order valence-electron chi connectivity index (χ3n) is 8.09. The van der Waals surface area contributed by atoms with Crippen molar-refractivity contribution in [3.05, 3.63) is 83.3 Å². The fourth-order valence-corrected chi connectivity index (χ4v) is 6.43. The molecule has 9 heteroatoms. The van der Waals surface area contributed by atoms with Crippen LogP contribution in [0.3, 0.4) is 0 Å². The Hall–Kier alpha value is -3.33. The highest BCUT2D eigenvalue weighted by atomic mass is 79.9. The molecule has 5 aromatic rings. The smallest absolute Gasteiger partial charge is 0.355 e. The lowest BCUT2D eigenvalue weighted by atomic mass is 9.98. The van der Waals surface area contributed by atoms with Gasteiger partial charge < -0.3 is 19.4 Å². The van der Waals surface area contributed by atoms with E-state index in [1.54, 1.807) is 0 Å². The summed E-state index contributed by atoms with van der Waals surface area (Å²) in [5, 5.41) is 12.0. The Bertz CT molecular complexity index is 1730. The minimum Gasteiger partial charge on any atom is -0.493 e. The standard InChI is InChI=1S/C35H41BrN4O3.ClH.H2/c1-5-42-35(41)34-28(18-12-22-43-31-19-10-14-25-13-6-7-15-26(25)31)27-16-11-17-29(32-24(2)39(4)38-30(32)23-36)33(27)40(34)21-9-8-20-37-3;;/h6-7,10-11,13-17,19,37H,5,8-9,12,18,20-23H2,1-4H3;2*1H. The van der Waals surface area contributed by atoms with E-state index < -0.39 is 0 Å². The van der Waals surface area contributed by atoms with Crippen molar-refractivity contribution >= 4 is 56.0 Å². The van der Waals surface area contributed by atoms with Gasteiger partial charge in [-0.15, -0.1) is 12.4 Å². The van der Waals surface area contributed by atoms with Crippen LogP contribution in [0, 0.1) is 6.92 Å². The number of para-hydroxylation sites is 1. The molecule has 0 saturated carbocycles. The molecule has 0 aliphatic heterocycles. The molecule has 7 nitrogen and oxygen atoms in total. The van der Waals surface area contributed by atoms with E-state index in [0.717, 1.165) is 87.9 Å². The van der Waals surface area contributed by atoms with Crippen LogP contribution < -0.4 is 10.1 Å². The fraction of sp³-hybridized carbons (Fsp3) is 0.371. The average molecular weight is 684 g/mol. The van der Waals surface area contributed by atoms with Crippen LogP contribution >= 0.6 is 28.3 Å². The molecule has 5 rings (SSSR count). The molecule has 236 valence electrons. The van der Waals surface area contributed by atoms with E-state index in [1.165, 1.54) is 0 Å². The maximum absolute atomic E-state index is 13.7. The number of alkyl halides is 1. The normalized spacial score (nSPS) is 11.2. The molecule has 0 atom stereocenters. The summed E-state index contributed by atoms with van der Waals surface area (Å²) >= 11 is 3.66. The molecular weight excluding hydrogens is 640 g/mol. The number of hydrogen-bond donors (Lipinski definition) is 1. The van der Waals surface area contributed by atoms with Crippen molar-refractivity contribution in [1.82, 2.24) is 19.7 Å². The number of fused-ring (bicyclic) bond motifs is 2. The van der Waals surface area contributed by atoms with E-state index in [0.29, 0.717) is 30.7 Å².